The summed E-state index contributed by atoms with van der Waals surface area (Å²) in [4.78, 5) is 3.19. The van der Waals surface area contributed by atoms with Crippen molar-refractivity contribution in [3.05, 3.63) is 10.5 Å². The molecule has 1 atom stereocenters. The molecule has 1 aliphatic heterocycles. The Labute approximate surface area is 122 Å². The zero-order valence-electron chi connectivity index (χ0n) is 11.6. The van der Waals surface area contributed by atoms with Gasteiger partial charge in [-0.3, -0.25) is 0 Å². The van der Waals surface area contributed by atoms with Gasteiger partial charge in [-0.1, -0.05) is 0 Å². The van der Waals surface area contributed by atoms with Crippen LogP contribution in [0.1, 0.15) is 19.0 Å². The van der Waals surface area contributed by atoms with Gasteiger partial charge in [0, 0.05) is 13.1 Å². The Kier molecular flexibility index (Phi) is 3.24. The van der Waals surface area contributed by atoms with Crippen LogP contribution in [0.2, 0.25) is 0 Å². The lowest BCUT2D eigenvalue weighted by atomic mass is 10.1. The molecule has 0 amide bonds. The maximum absolute atomic E-state index is 11.6. The molecule has 0 bridgehead atoms. The fourth-order valence-corrected chi connectivity index (χ4v) is 5.04. The molecule has 2 aromatic rings. The molecule has 1 saturated heterocycles. The molecule has 1 fully saturated rings. The van der Waals surface area contributed by atoms with Crippen molar-refractivity contribution in [2.45, 2.75) is 33.4 Å². The molecule has 3 rings (SSSR count). The predicted molar refractivity (Wildman–Crippen MR) is 80.1 cm³/mol. The molecule has 0 saturated carbocycles. The minimum atomic E-state index is -2.86. The van der Waals surface area contributed by atoms with E-state index in [1.165, 1.54) is 0 Å². The van der Waals surface area contributed by atoms with Gasteiger partial charge in [0.1, 0.15) is 5.52 Å². The molecule has 8 heteroatoms. The van der Waals surface area contributed by atoms with Crippen molar-refractivity contribution in [1.82, 2.24) is 19.3 Å². The number of aromatic nitrogens is 4. The van der Waals surface area contributed by atoms with E-state index in [-0.39, 0.29) is 11.7 Å². The summed E-state index contributed by atoms with van der Waals surface area (Å²) in [5, 5.41) is 4.47. The fourth-order valence-electron chi connectivity index (χ4n) is 2.92. The van der Waals surface area contributed by atoms with Crippen LogP contribution in [-0.2, 0) is 22.9 Å². The van der Waals surface area contributed by atoms with E-state index in [0.717, 1.165) is 29.8 Å². The minimum absolute atomic E-state index is 0.145. The molecule has 0 spiro atoms. The molecule has 110 valence electrons. The average Bonchev–Trinajstić information content (AvgIpc) is 2.97. The number of imidazole rings is 1. The maximum Gasteiger partial charge on any atom is 0.179 e. The van der Waals surface area contributed by atoms with E-state index in [1.807, 2.05) is 23.1 Å². The van der Waals surface area contributed by atoms with Gasteiger partial charge in [-0.2, -0.15) is 5.10 Å². The molecule has 3 heterocycles. The van der Waals surface area contributed by atoms with Gasteiger partial charge in [-0.15, -0.1) is 0 Å². The predicted octanol–water partition coefficient (Wildman–Crippen LogP) is 1.66. The third-order valence-corrected chi connectivity index (χ3v) is 6.06. The van der Waals surface area contributed by atoms with E-state index in [9.17, 15) is 8.42 Å². The second-order valence-corrected chi connectivity index (χ2v) is 8.03. The lowest BCUT2D eigenvalue weighted by Gasteiger charge is -2.10. The van der Waals surface area contributed by atoms with E-state index in [4.69, 9.17) is 12.2 Å². The van der Waals surface area contributed by atoms with Gasteiger partial charge >= 0.3 is 0 Å². The highest BCUT2D eigenvalue weighted by atomic mass is 32.2. The SMILES string of the molecule is CCn1nc(C)c2[nH]c(=S)n(CC3CCS(=O)(=O)C3)c21. The van der Waals surface area contributed by atoms with Gasteiger partial charge < -0.3 is 9.55 Å². The van der Waals surface area contributed by atoms with Crippen molar-refractivity contribution in [3.63, 3.8) is 0 Å². The molecule has 0 aromatic carbocycles. The van der Waals surface area contributed by atoms with Gasteiger partial charge in [-0.25, -0.2) is 13.1 Å². The number of aryl methyl sites for hydroxylation is 2. The Bertz CT molecular complexity index is 812. The number of nitrogens with one attached hydrogen (secondary N) is 1. The Balaban J connectivity index is 2.03. The zero-order chi connectivity index (χ0) is 14.5. The number of aromatic amines is 1. The van der Waals surface area contributed by atoms with Crippen molar-refractivity contribution >= 4 is 33.2 Å². The smallest absolute Gasteiger partial charge is 0.179 e. The summed E-state index contributed by atoms with van der Waals surface area (Å²) in [5.74, 6) is 0.705. The molecular weight excluding hydrogens is 296 g/mol. The summed E-state index contributed by atoms with van der Waals surface area (Å²) in [7, 11) is -2.86. The monoisotopic (exact) mass is 314 g/mol. The van der Waals surface area contributed by atoms with E-state index >= 15 is 0 Å². The maximum atomic E-state index is 11.6. The zero-order valence-corrected chi connectivity index (χ0v) is 13.2. The second-order valence-electron chi connectivity index (χ2n) is 5.41. The molecule has 1 N–H and O–H groups in total. The molecule has 1 aliphatic rings. The van der Waals surface area contributed by atoms with Gasteiger partial charge in [0.25, 0.3) is 0 Å². The Hall–Kier alpha value is -1.15. The summed E-state index contributed by atoms with van der Waals surface area (Å²) in [6, 6.07) is 0. The number of hydrogen-bond donors (Lipinski definition) is 1. The number of H-pyrrole nitrogens is 1. The second kappa shape index (κ2) is 4.70. The molecule has 0 radical (unpaired) electrons. The van der Waals surface area contributed by atoms with Crippen molar-refractivity contribution in [1.29, 1.82) is 0 Å². The Morgan fingerprint density at radius 1 is 1.50 bits per heavy atom. The van der Waals surface area contributed by atoms with Crippen LogP contribution < -0.4 is 0 Å². The average molecular weight is 314 g/mol. The van der Waals surface area contributed by atoms with Crippen LogP contribution in [0.4, 0.5) is 0 Å². The Morgan fingerprint density at radius 3 is 2.85 bits per heavy atom. The molecular formula is C12H18N4O2S2. The highest BCUT2D eigenvalue weighted by Gasteiger charge is 2.29. The highest BCUT2D eigenvalue weighted by molar-refractivity contribution is 7.91. The van der Waals surface area contributed by atoms with E-state index in [2.05, 4.69) is 10.1 Å². The lowest BCUT2D eigenvalue weighted by molar-refractivity contribution is 0.486. The fraction of sp³-hybridized carbons (Fsp3) is 0.667. The summed E-state index contributed by atoms with van der Waals surface area (Å²) in [5.41, 5.74) is 2.85. The van der Waals surface area contributed by atoms with Crippen LogP contribution >= 0.6 is 12.2 Å². The molecule has 1 unspecified atom stereocenters. The number of sulfone groups is 1. The summed E-state index contributed by atoms with van der Waals surface area (Å²) in [6.45, 7) is 5.39. The summed E-state index contributed by atoms with van der Waals surface area (Å²) in [6.07, 6.45) is 0.718. The third-order valence-electron chi connectivity index (χ3n) is 3.90. The highest BCUT2D eigenvalue weighted by Crippen LogP contribution is 2.24. The number of hydrogen-bond acceptors (Lipinski definition) is 4. The molecule has 2 aromatic heterocycles. The quantitative estimate of drug-likeness (QED) is 0.875. The first kappa shape index (κ1) is 13.8. The van der Waals surface area contributed by atoms with Gasteiger partial charge in [0.05, 0.1) is 17.2 Å². The van der Waals surface area contributed by atoms with E-state index in [1.54, 1.807) is 0 Å². The van der Waals surface area contributed by atoms with Crippen LogP contribution in [0.5, 0.6) is 0 Å². The largest absolute Gasteiger partial charge is 0.328 e. The van der Waals surface area contributed by atoms with Crippen LogP contribution in [-0.4, -0.2) is 39.3 Å². The molecule has 6 nitrogen and oxygen atoms in total. The number of rotatable bonds is 3. The lowest BCUT2D eigenvalue weighted by Crippen LogP contribution is -2.14. The van der Waals surface area contributed by atoms with E-state index in [0.29, 0.717) is 17.1 Å². The topological polar surface area (TPSA) is 72.7 Å². The minimum Gasteiger partial charge on any atom is -0.328 e. The van der Waals surface area contributed by atoms with Crippen LogP contribution in [0, 0.1) is 17.6 Å². The number of fused-ring (bicyclic) bond motifs is 1. The van der Waals surface area contributed by atoms with Crippen LogP contribution in [0.15, 0.2) is 0 Å². The first-order valence-electron chi connectivity index (χ1n) is 6.77. The summed E-state index contributed by atoms with van der Waals surface area (Å²) >= 11 is 5.38. The van der Waals surface area contributed by atoms with Crippen molar-refractivity contribution < 1.29 is 8.42 Å². The van der Waals surface area contributed by atoms with Crippen LogP contribution in [0.3, 0.4) is 0 Å². The number of nitrogens with zero attached hydrogens (tertiary/aromatic N) is 3. The van der Waals surface area contributed by atoms with E-state index < -0.39 is 9.84 Å². The van der Waals surface area contributed by atoms with Crippen LogP contribution in [0.25, 0.3) is 11.2 Å². The van der Waals surface area contributed by atoms with Crippen molar-refractivity contribution in [2.75, 3.05) is 11.5 Å². The third kappa shape index (κ3) is 2.20. The van der Waals surface area contributed by atoms with Gasteiger partial charge in [-0.05, 0) is 38.4 Å². The first-order chi connectivity index (χ1) is 9.41. The molecule has 0 aliphatic carbocycles. The summed E-state index contributed by atoms with van der Waals surface area (Å²) < 4.78 is 27.7. The Morgan fingerprint density at radius 2 is 2.25 bits per heavy atom. The standard InChI is InChI=1S/C12H18N4O2S2/c1-3-16-11-10(8(2)14-16)13-12(19)15(11)6-9-4-5-20(17,18)7-9/h9H,3-7H2,1-2H3,(H,13,19). The van der Waals surface area contributed by atoms with Gasteiger partial charge in [0.15, 0.2) is 20.3 Å². The van der Waals surface area contributed by atoms with Gasteiger partial charge in [0.2, 0.25) is 0 Å². The molecule has 20 heavy (non-hydrogen) atoms. The van der Waals surface area contributed by atoms with Crippen molar-refractivity contribution in [3.8, 4) is 0 Å². The van der Waals surface area contributed by atoms with Crippen molar-refractivity contribution in [2.24, 2.45) is 5.92 Å². The first-order valence-corrected chi connectivity index (χ1v) is 9.00. The normalized spacial score (nSPS) is 21.8.